The predicted molar refractivity (Wildman–Crippen MR) is 106 cm³/mol. The highest BCUT2D eigenvalue weighted by Gasteiger charge is 2.15. The van der Waals surface area contributed by atoms with Crippen LogP contribution in [0.1, 0.15) is 0 Å². The van der Waals surface area contributed by atoms with Crippen LogP contribution in [-0.4, -0.2) is 50.2 Å². The number of fused-ring (bicyclic) bond motifs is 1. The standard InChI is InChI=1S/C19H21FN4OS/c1-23-7-9-24(10-8-23)14-4-6-18-16(12-14)22-19(26-18)21-15-11-13(20)3-5-17(15)25-2/h3-6,11-12H,7-10H2,1-2H3,(H,21,22). The van der Waals surface area contributed by atoms with E-state index >= 15 is 0 Å². The highest BCUT2D eigenvalue weighted by atomic mass is 32.1. The van der Waals surface area contributed by atoms with Gasteiger partial charge < -0.3 is 19.9 Å². The number of thiazole rings is 1. The van der Waals surface area contributed by atoms with Gasteiger partial charge in [-0.05, 0) is 37.4 Å². The van der Waals surface area contributed by atoms with E-state index in [0.717, 1.165) is 41.5 Å². The van der Waals surface area contributed by atoms with E-state index in [1.54, 1.807) is 24.5 Å². The lowest BCUT2D eigenvalue weighted by atomic mass is 10.2. The summed E-state index contributed by atoms with van der Waals surface area (Å²) in [6, 6.07) is 10.8. The van der Waals surface area contributed by atoms with Gasteiger partial charge in [-0.3, -0.25) is 0 Å². The van der Waals surface area contributed by atoms with Gasteiger partial charge in [0.15, 0.2) is 5.13 Å². The molecule has 1 aromatic heterocycles. The molecule has 0 radical (unpaired) electrons. The van der Waals surface area contributed by atoms with Crippen molar-refractivity contribution in [3.63, 3.8) is 0 Å². The third-order valence-corrected chi connectivity index (χ3v) is 5.59. The van der Waals surface area contributed by atoms with E-state index in [4.69, 9.17) is 4.74 Å². The number of nitrogens with one attached hydrogen (secondary N) is 1. The molecule has 0 atom stereocenters. The van der Waals surface area contributed by atoms with E-state index < -0.39 is 0 Å². The number of halogens is 1. The van der Waals surface area contributed by atoms with Crippen LogP contribution in [0, 0.1) is 5.82 Å². The molecule has 136 valence electrons. The van der Waals surface area contributed by atoms with Crippen LogP contribution in [0.3, 0.4) is 0 Å². The van der Waals surface area contributed by atoms with E-state index in [1.807, 2.05) is 0 Å². The van der Waals surface area contributed by atoms with Gasteiger partial charge in [-0.1, -0.05) is 11.3 Å². The first-order valence-electron chi connectivity index (χ1n) is 8.57. The van der Waals surface area contributed by atoms with Crippen LogP contribution in [0.15, 0.2) is 36.4 Å². The van der Waals surface area contributed by atoms with Crippen molar-refractivity contribution in [2.24, 2.45) is 0 Å². The molecule has 3 aromatic rings. The number of benzene rings is 2. The fourth-order valence-corrected chi connectivity index (χ4v) is 3.98. The van der Waals surface area contributed by atoms with Crippen molar-refractivity contribution in [1.29, 1.82) is 0 Å². The van der Waals surface area contributed by atoms with E-state index in [0.29, 0.717) is 11.4 Å². The van der Waals surface area contributed by atoms with Crippen LogP contribution in [-0.2, 0) is 0 Å². The first-order chi connectivity index (χ1) is 12.6. The SMILES string of the molecule is COc1ccc(F)cc1Nc1nc2cc(N3CCN(C)CC3)ccc2s1. The molecule has 0 aliphatic carbocycles. The second-order valence-electron chi connectivity index (χ2n) is 6.43. The molecule has 0 unspecified atom stereocenters. The maximum atomic E-state index is 13.6. The van der Waals surface area contributed by atoms with Crippen LogP contribution < -0.4 is 15.0 Å². The van der Waals surface area contributed by atoms with E-state index in [9.17, 15) is 4.39 Å². The Bertz CT molecular complexity index is 921. The minimum absolute atomic E-state index is 0.313. The van der Waals surface area contributed by atoms with Crippen LogP contribution in [0.2, 0.25) is 0 Å². The van der Waals surface area contributed by atoms with Gasteiger partial charge in [0.1, 0.15) is 11.6 Å². The van der Waals surface area contributed by atoms with Gasteiger partial charge in [0.25, 0.3) is 0 Å². The molecule has 26 heavy (non-hydrogen) atoms. The molecule has 5 nitrogen and oxygen atoms in total. The topological polar surface area (TPSA) is 40.6 Å². The zero-order valence-electron chi connectivity index (χ0n) is 14.8. The summed E-state index contributed by atoms with van der Waals surface area (Å²) in [4.78, 5) is 9.41. The van der Waals surface area contributed by atoms with E-state index in [1.165, 1.54) is 17.8 Å². The molecule has 7 heteroatoms. The third-order valence-electron chi connectivity index (χ3n) is 4.64. The van der Waals surface area contributed by atoms with Crippen molar-refractivity contribution >= 4 is 38.1 Å². The molecular formula is C19H21FN4OS. The number of anilines is 3. The molecular weight excluding hydrogens is 351 g/mol. The van der Waals surface area contributed by atoms with Gasteiger partial charge in [0, 0.05) is 37.9 Å². The van der Waals surface area contributed by atoms with Crippen LogP contribution in [0.4, 0.5) is 20.9 Å². The number of rotatable bonds is 4. The molecule has 0 spiro atoms. The number of nitrogens with zero attached hydrogens (tertiary/aromatic N) is 3. The molecule has 1 fully saturated rings. The van der Waals surface area contributed by atoms with Gasteiger partial charge in [-0.25, -0.2) is 9.37 Å². The Morgan fingerprint density at radius 3 is 2.69 bits per heavy atom. The number of likely N-dealkylation sites (N-methyl/N-ethyl adjacent to an activating group) is 1. The lowest BCUT2D eigenvalue weighted by Gasteiger charge is -2.34. The predicted octanol–water partition coefficient (Wildman–Crippen LogP) is 3.94. The molecule has 1 aliphatic rings. The van der Waals surface area contributed by atoms with Gasteiger partial charge in [0.2, 0.25) is 0 Å². The van der Waals surface area contributed by atoms with Gasteiger partial charge in [-0.15, -0.1) is 0 Å². The Labute approximate surface area is 156 Å². The minimum Gasteiger partial charge on any atom is -0.495 e. The van der Waals surface area contributed by atoms with E-state index in [-0.39, 0.29) is 5.82 Å². The molecule has 1 N–H and O–H groups in total. The number of hydrogen-bond acceptors (Lipinski definition) is 6. The number of aromatic nitrogens is 1. The average Bonchev–Trinajstić information content (AvgIpc) is 3.04. The van der Waals surface area contributed by atoms with Crippen LogP contribution >= 0.6 is 11.3 Å². The normalized spacial score (nSPS) is 15.4. The summed E-state index contributed by atoms with van der Waals surface area (Å²) in [5, 5.41) is 3.90. The number of methoxy groups -OCH3 is 1. The number of hydrogen-bond donors (Lipinski definition) is 1. The Hall–Kier alpha value is -2.38. The highest BCUT2D eigenvalue weighted by Crippen LogP contribution is 2.34. The molecule has 1 saturated heterocycles. The summed E-state index contributed by atoms with van der Waals surface area (Å²) in [6.45, 7) is 4.19. The zero-order valence-corrected chi connectivity index (χ0v) is 15.6. The minimum atomic E-state index is -0.313. The second kappa shape index (κ2) is 7.09. The molecule has 0 amide bonds. The Morgan fingerprint density at radius 2 is 1.92 bits per heavy atom. The zero-order chi connectivity index (χ0) is 18.1. The summed E-state index contributed by atoms with van der Waals surface area (Å²) < 4.78 is 19.9. The van der Waals surface area contributed by atoms with Crippen molar-refractivity contribution in [2.45, 2.75) is 0 Å². The highest BCUT2D eigenvalue weighted by molar-refractivity contribution is 7.22. The van der Waals surface area contributed by atoms with Crippen molar-refractivity contribution in [2.75, 3.05) is 50.6 Å². The van der Waals surface area contributed by atoms with Gasteiger partial charge in [-0.2, -0.15) is 0 Å². The van der Waals surface area contributed by atoms with Crippen molar-refractivity contribution in [1.82, 2.24) is 9.88 Å². The smallest absolute Gasteiger partial charge is 0.188 e. The van der Waals surface area contributed by atoms with Gasteiger partial charge in [0.05, 0.1) is 23.0 Å². The Kier molecular flexibility index (Phi) is 4.65. The summed E-state index contributed by atoms with van der Waals surface area (Å²) in [5.74, 6) is 0.274. The number of piperazine rings is 1. The summed E-state index contributed by atoms with van der Waals surface area (Å²) in [6.07, 6.45) is 0. The van der Waals surface area contributed by atoms with Crippen molar-refractivity contribution < 1.29 is 9.13 Å². The summed E-state index contributed by atoms with van der Waals surface area (Å²) in [7, 11) is 3.72. The fraction of sp³-hybridized carbons (Fsp3) is 0.316. The molecule has 2 heterocycles. The Balaban J connectivity index is 1.59. The second-order valence-corrected chi connectivity index (χ2v) is 7.46. The fourth-order valence-electron chi connectivity index (χ4n) is 3.12. The molecule has 0 saturated carbocycles. The first-order valence-corrected chi connectivity index (χ1v) is 9.39. The lowest BCUT2D eigenvalue weighted by molar-refractivity contribution is 0.313. The van der Waals surface area contributed by atoms with Crippen molar-refractivity contribution in [3.8, 4) is 5.75 Å². The van der Waals surface area contributed by atoms with Crippen LogP contribution in [0.5, 0.6) is 5.75 Å². The average molecular weight is 372 g/mol. The van der Waals surface area contributed by atoms with E-state index in [2.05, 4.69) is 45.3 Å². The maximum absolute atomic E-state index is 13.6. The first kappa shape index (κ1) is 17.1. The van der Waals surface area contributed by atoms with Crippen molar-refractivity contribution in [3.05, 3.63) is 42.2 Å². The third kappa shape index (κ3) is 3.45. The maximum Gasteiger partial charge on any atom is 0.188 e. The van der Waals surface area contributed by atoms with Crippen LogP contribution in [0.25, 0.3) is 10.2 Å². The monoisotopic (exact) mass is 372 g/mol. The lowest BCUT2D eigenvalue weighted by Crippen LogP contribution is -2.44. The summed E-state index contributed by atoms with van der Waals surface area (Å²) in [5.41, 5.74) is 2.72. The molecule has 1 aliphatic heterocycles. The quantitative estimate of drug-likeness (QED) is 0.751. The molecule has 2 aromatic carbocycles. The number of ether oxygens (including phenoxy) is 1. The Morgan fingerprint density at radius 1 is 1.12 bits per heavy atom. The largest absolute Gasteiger partial charge is 0.495 e. The molecule has 4 rings (SSSR count). The summed E-state index contributed by atoms with van der Waals surface area (Å²) >= 11 is 1.55. The molecule has 0 bridgehead atoms. The van der Waals surface area contributed by atoms with Gasteiger partial charge >= 0.3 is 0 Å².